The van der Waals surface area contributed by atoms with Crippen molar-refractivity contribution < 1.29 is 9.53 Å². The maximum atomic E-state index is 11.4. The fourth-order valence-corrected chi connectivity index (χ4v) is 1.77. The number of rotatable bonds is 2. The van der Waals surface area contributed by atoms with Gasteiger partial charge in [0.1, 0.15) is 6.10 Å². The fourth-order valence-electron chi connectivity index (χ4n) is 1.77. The molecule has 0 spiro atoms. The number of aryl methyl sites for hydroxylation is 1. The van der Waals surface area contributed by atoms with Gasteiger partial charge in [-0.2, -0.15) is 0 Å². The van der Waals surface area contributed by atoms with Crippen LogP contribution in [-0.4, -0.2) is 25.2 Å². The lowest BCUT2D eigenvalue weighted by Crippen LogP contribution is -2.45. The molecule has 0 bridgehead atoms. The molecule has 1 unspecified atom stereocenters. The molecule has 1 fully saturated rings. The van der Waals surface area contributed by atoms with Gasteiger partial charge >= 0.3 is 0 Å². The van der Waals surface area contributed by atoms with Crippen molar-refractivity contribution in [1.29, 1.82) is 0 Å². The van der Waals surface area contributed by atoms with E-state index in [2.05, 4.69) is 11.4 Å². The normalized spacial score (nSPS) is 21.1. The number of hydrogen-bond acceptors (Lipinski definition) is 2. The predicted octanol–water partition coefficient (Wildman–Crippen LogP) is 1.05. The summed E-state index contributed by atoms with van der Waals surface area (Å²) >= 11 is 0. The minimum Gasteiger partial charge on any atom is -0.366 e. The molecule has 1 aromatic rings. The number of benzene rings is 1. The molecule has 1 amide bonds. The summed E-state index contributed by atoms with van der Waals surface area (Å²) in [5.74, 6) is 0.00255. The van der Waals surface area contributed by atoms with Crippen molar-refractivity contribution in [1.82, 2.24) is 5.32 Å². The zero-order valence-electron chi connectivity index (χ0n) is 8.82. The Bertz CT molecular complexity index is 362. The largest absolute Gasteiger partial charge is 0.366 e. The second kappa shape index (κ2) is 4.45. The number of amides is 1. The van der Waals surface area contributed by atoms with Crippen LogP contribution < -0.4 is 5.32 Å². The van der Waals surface area contributed by atoms with E-state index in [9.17, 15) is 4.79 Å². The van der Waals surface area contributed by atoms with E-state index in [1.807, 2.05) is 25.1 Å². The van der Waals surface area contributed by atoms with Gasteiger partial charge in [-0.05, 0) is 12.5 Å². The molecule has 0 aliphatic carbocycles. The molecule has 0 aromatic heterocycles. The van der Waals surface area contributed by atoms with Crippen LogP contribution in [0.25, 0.3) is 0 Å². The average molecular weight is 205 g/mol. The monoisotopic (exact) mass is 205 g/mol. The van der Waals surface area contributed by atoms with E-state index < -0.39 is 0 Å². The van der Waals surface area contributed by atoms with Gasteiger partial charge in [-0.25, -0.2) is 0 Å². The summed E-state index contributed by atoms with van der Waals surface area (Å²) in [6.45, 7) is 3.29. The van der Waals surface area contributed by atoms with Gasteiger partial charge in [0.05, 0.1) is 6.61 Å². The fraction of sp³-hybridized carbons (Fsp3) is 0.417. The number of morpholine rings is 1. The highest BCUT2D eigenvalue weighted by Crippen LogP contribution is 2.10. The second-order valence-corrected chi connectivity index (χ2v) is 3.84. The molecule has 1 saturated heterocycles. The van der Waals surface area contributed by atoms with Gasteiger partial charge in [-0.1, -0.05) is 29.8 Å². The molecule has 1 aliphatic rings. The summed E-state index contributed by atoms with van der Waals surface area (Å²) in [6, 6.07) is 8.17. The van der Waals surface area contributed by atoms with Crippen molar-refractivity contribution in [3.05, 3.63) is 35.4 Å². The Kier molecular flexibility index (Phi) is 3.02. The standard InChI is InChI=1S/C12H15NO2/c1-9-3-2-4-10(7-9)8-11-12(14)13-5-6-15-11/h2-4,7,11H,5-6,8H2,1H3,(H,13,14). The molecule has 80 valence electrons. The minimum atomic E-state index is -0.319. The Morgan fingerprint density at radius 2 is 2.40 bits per heavy atom. The summed E-state index contributed by atoms with van der Waals surface area (Å²) in [6.07, 6.45) is 0.341. The Hall–Kier alpha value is -1.35. The van der Waals surface area contributed by atoms with Gasteiger partial charge < -0.3 is 10.1 Å². The number of hydrogen-bond donors (Lipinski definition) is 1. The number of carbonyl (C=O) groups is 1. The third kappa shape index (κ3) is 2.57. The first-order chi connectivity index (χ1) is 7.25. The van der Waals surface area contributed by atoms with Crippen LogP contribution in [0.1, 0.15) is 11.1 Å². The van der Waals surface area contributed by atoms with Gasteiger partial charge in [0.2, 0.25) is 5.91 Å². The quantitative estimate of drug-likeness (QED) is 0.783. The molecule has 2 rings (SSSR count). The minimum absolute atomic E-state index is 0.00255. The molecule has 3 heteroatoms. The van der Waals surface area contributed by atoms with Crippen molar-refractivity contribution in [3.63, 3.8) is 0 Å². The summed E-state index contributed by atoms with van der Waals surface area (Å²) in [4.78, 5) is 11.4. The first-order valence-corrected chi connectivity index (χ1v) is 5.20. The molecule has 1 atom stereocenters. The van der Waals surface area contributed by atoms with E-state index in [-0.39, 0.29) is 12.0 Å². The van der Waals surface area contributed by atoms with Crippen LogP contribution in [-0.2, 0) is 16.0 Å². The van der Waals surface area contributed by atoms with E-state index in [1.165, 1.54) is 5.56 Å². The molecule has 0 radical (unpaired) electrons. The molecule has 1 heterocycles. The van der Waals surface area contributed by atoms with Crippen LogP contribution in [0.2, 0.25) is 0 Å². The van der Waals surface area contributed by atoms with Crippen molar-refractivity contribution in [2.75, 3.05) is 13.2 Å². The van der Waals surface area contributed by atoms with Crippen LogP contribution in [0.4, 0.5) is 0 Å². The molecule has 3 nitrogen and oxygen atoms in total. The van der Waals surface area contributed by atoms with Crippen LogP contribution in [0.15, 0.2) is 24.3 Å². The molecule has 1 aliphatic heterocycles. The van der Waals surface area contributed by atoms with E-state index in [1.54, 1.807) is 0 Å². The lowest BCUT2D eigenvalue weighted by Gasteiger charge is -2.22. The number of carbonyl (C=O) groups excluding carboxylic acids is 1. The van der Waals surface area contributed by atoms with E-state index in [4.69, 9.17) is 4.74 Å². The summed E-state index contributed by atoms with van der Waals surface area (Å²) in [5.41, 5.74) is 2.36. The highest BCUT2D eigenvalue weighted by Gasteiger charge is 2.22. The zero-order chi connectivity index (χ0) is 10.7. The maximum Gasteiger partial charge on any atom is 0.249 e. The highest BCUT2D eigenvalue weighted by atomic mass is 16.5. The Morgan fingerprint density at radius 1 is 1.53 bits per heavy atom. The van der Waals surface area contributed by atoms with Crippen molar-refractivity contribution in [3.8, 4) is 0 Å². The summed E-state index contributed by atoms with van der Waals surface area (Å²) < 4.78 is 5.42. The Balaban J connectivity index is 2.04. The van der Waals surface area contributed by atoms with Gasteiger partial charge in [0.25, 0.3) is 0 Å². The smallest absolute Gasteiger partial charge is 0.249 e. The Morgan fingerprint density at radius 3 is 3.13 bits per heavy atom. The first-order valence-electron chi connectivity index (χ1n) is 5.20. The van der Waals surface area contributed by atoms with Gasteiger partial charge in [-0.15, -0.1) is 0 Å². The van der Waals surface area contributed by atoms with Crippen molar-refractivity contribution in [2.45, 2.75) is 19.4 Å². The van der Waals surface area contributed by atoms with Gasteiger partial charge in [0, 0.05) is 13.0 Å². The lowest BCUT2D eigenvalue weighted by molar-refractivity contribution is -0.137. The van der Waals surface area contributed by atoms with Gasteiger partial charge in [-0.3, -0.25) is 4.79 Å². The van der Waals surface area contributed by atoms with E-state index in [0.717, 1.165) is 5.56 Å². The molecular formula is C12H15NO2. The summed E-state index contributed by atoms with van der Waals surface area (Å²) in [5, 5.41) is 2.80. The molecule has 15 heavy (non-hydrogen) atoms. The molecule has 1 aromatic carbocycles. The zero-order valence-corrected chi connectivity index (χ0v) is 8.82. The van der Waals surface area contributed by atoms with Crippen molar-refractivity contribution in [2.24, 2.45) is 0 Å². The first kappa shape index (κ1) is 10.2. The van der Waals surface area contributed by atoms with Crippen LogP contribution in [0.5, 0.6) is 0 Å². The lowest BCUT2D eigenvalue weighted by atomic mass is 10.0. The Labute approximate surface area is 89.4 Å². The average Bonchev–Trinajstić information content (AvgIpc) is 2.22. The highest BCUT2D eigenvalue weighted by molar-refractivity contribution is 5.81. The molecule has 0 saturated carbocycles. The van der Waals surface area contributed by atoms with E-state index >= 15 is 0 Å². The SMILES string of the molecule is Cc1cccc(CC2OCCNC2=O)c1. The third-order valence-corrected chi connectivity index (χ3v) is 2.52. The van der Waals surface area contributed by atoms with Crippen molar-refractivity contribution >= 4 is 5.91 Å². The van der Waals surface area contributed by atoms with Crippen LogP contribution in [0, 0.1) is 6.92 Å². The second-order valence-electron chi connectivity index (χ2n) is 3.84. The molecular weight excluding hydrogens is 190 g/mol. The number of nitrogens with one attached hydrogen (secondary N) is 1. The topological polar surface area (TPSA) is 38.3 Å². The number of ether oxygens (including phenoxy) is 1. The predicted molar refractivity (Wildman–Crippen MR) is 57.6 cm³/mol. The molecule has 1 N–H and O–H groups in total. The third-order valence-electron chi connectivity index (χ3n) is 2.52. The maximum absolute atomic E-state index is 11.4. The van der Waals surface area contributed by atoms with Crippen LogP contribution in [0.3, 0.4) is 0 Å². The van der Waals surface area contributed by atoms with Crippen LogP contribution >= 0.6 is 0 Å². The summed E-state index contributed by atoms with van der Waals surface area (Å²) in [7, 11) is 0. The van der Waals surface area contributed by atoms with Gasteiger partial charge in [0.15, 0.2) is 0 Å². The van der Waals surface area contributed by atoms with E-state index in [0.29, 0.717) is 19.6 Å².